The number of rotatable bonds is 4. The average molecular weight is 347 g/mol. The number of aromatic nitrogens is 3. The van der Waals surface area contributed by atoms with Gasteiger partial charge in [0, 0.05) is 36.0 Å². The molecule has 1 unspecified atom stereocenters. The van der Waals surface area contributed by atoms with Gasteiger partial charge < -0.3 is 9.47 Å². The number of amides is 1. The fourth-order valence-electron chi connectivity index (χ4n) is 3.86. The van der Waals surface area contributed by atoms with Gasteiger partial charge in [-0.1, -0.05) is 18.2 Å². The van der Waals surface area contributed by atoms with Gasteiger partial charge in [0.25, 0.3) is 5.91 Å². The molecule has 0 radical (unpaired) electrons. The predicted molar refractivity (Wildman–Crippen MR) is 98.5 cm³/mol. The van der Waals surface area contributed by atoms with Crippen molar-refractivity contribution in [2.45, 2.75) is 38.4 Å². The topological polar surface area (TPSA) is 66.8 Å². The molecule has 26 heavy (non-hydrogen) atoms. The molecule has 3 heterocycles. The lowest BCUT2D eigenvalue weighted by Gasteiger charge is -2.35. The zero-order chi connectivity index (χ0) is 17.9. The SMILES string of the molecule is N#CCn1cc(C(=O)N2CCCCC2Cn2cccn2)c2ccccc21. The molecular weight excluding hydrogens is 326 g/mol. The minimum absolute atomic E-state index is 0.0507. The Balaban J connectivity index is 1.67. The minimum Gasteiger partial charge on any atom is -0.334 e. The van der Waals surface area contributed by atoms with Gasteiger partial charge in [-0.05, 0) is 31.4 Å². The quantitative estimate of drug-likeness (QED) is 0.728. The van der Waals surface area contributed by atoms with Crippen LogP contribution in [-0.2, 0) is 13.1 Å². The third-order valence-corrected chi connectivity index (χ3v) is 5.11. The molecule has 1 aliphatic rings. The van der Waals surface area contributed by atoms with Crippen LogP contribution in [0.25, 0.3) is 10.9 Å². The van der Waals surface area contributed by atoms with Crippen molar-refractivity contribution in [3.63, 3.8) is 0 Å². The predicted octanol–water partition coefficient (Wildman–Crippen LogP) is 3.06. The molecule has 1 fully saturated rings. The van der Waals surface area contributed by atoms with Gasteiger partial charge in [0.2, 0.25) is 0 Å². The second-order valence-electron chi connectivity index (χ2n) is 6.72. The summed E-state index contributed by atoms with van der Waals surface area (Å²) in [5.74, 6) is 0.0507. The Morgan fingerprint density at radius 3 is 2.96 bits per heavy atom. The van der Waals surface area contributed by atoms with Crippen LogP contribution in [0.1, 0.15) is 29.6 Å². The molecular formula is C20H21N5O. The zero-order valence-electron chi connectivity index (χ0n) is 14.6. The van der Waals surface area contributed by atoms with Crippen molar-refractivity contribution in [1.82, 2.24) is 19.2 Å². The normalized spacial score (nSPS) is 17.3. The first-order valence-electron chi connectivity index (χ1n) is 9.01. The molecule has 0 spiro atoms. The van der Waals surface area contributed by atoms with Gasteiger partial charge >= 0.3 is 0 Å². The highest BCUT2D eigenvalue weighted by Gasteiger charge is 2.29. The van der Waals surface area contributed by atoms with Crippen molar-refractivity contribution in [3.8, 4) is 6.07 Å². The van der Waals surface area contributed by atoms with Gasteiger partial charge in [0.15, 0.2) is 0 Å². The summed E-state index contributed by atoms with van der Waals surface area (Å²) in [6, 6.07) is 12.0. The number of nitriles is 1. The number of hydrogen-bond donors (Lipinski definition) is 0. The molecule has 1 aromatic carbocycles. The van der Waals surface area contributed by atoms with Gasteiger partial charge in [-0.15, -0.1) is 0 Å². The number of likely N-dealkylation sites (tertiary alicyclic amines) is 1. The van der Waals surface area contributed by atoms with Crippen LogP contribution < -0.4 is 0 Å². The van der Waals surface area contributed by atoms with Gasteiger partial charge in [0.05, 0.1) is 24.2 Å². The first-order chi connectivity index (χ1) is 12.8. The number of benzene rings is 1. The number of hydrogen-bond acceptors (Lipinski definition) is 3. The van der Waals surface area contributed by atoms with E-state index in [1.54, 1.807) is 6.20 Å². The maximum atomic E-state index is 13.4. The third kappa shape index (κ3) is 2.97. The van der Waals surface area contributed by atoms with Crippen molar-refractivity contribution >= 4 is 16.8 Å². The summed E-state index contributed by atoms with van der Waals surface area (Å²) in [5.41, 5.74) is 1.61. The van der Waals surface area contributed by atoms with Crippen LogP contribution in [0.15, 0.2) is 48.9 Å². The molecule has 2 aromatic heterocycles. The van der Waals surface area contributed by atoms with Crippen molar-refractivity contribution in [1.29, 1.82) is 5.26 Å². The average Bonchev–Trinajstić information content (AvgIpc) is 3.30. The van der Waals surface area contributed by atoms with Crippen LogP contribution in [0.3, 0.4) is 0 Å². The Morgan fingerprint density at radius 1 is 1.27 bits per heavy atom. The molecule has 1 saturated heterocycles. The number of piperidine rings is 1. The summed E-state index contributed by atoms with van der Waals surface area (Å²) < 4.78 is 3.75. The molecule has 0 aliphatic carbocycles. The molecule has 4 rings (SSSR count). The fraction of sp³-hybridized carbons (Fsp3) is 0.350. The van der Waals surface area contributed by atoms with E-state index in [0.29, 0.717) is 5.56 Å². The highest BCUT2D eigenvalue weighted by atomic mass is 16.2. The third-order valence-electron chi connectivity index (χ3n) is 5.11. The molecule has 1 amide bonds. The summed E-state index contributed by atoms with van der Waals surface area (Å²) in [7, 11) is 0. The molecule has 6 heteroatoms. The Kier molecular flexibility index (Phi) is 4.44. The highest BCUT2D eigenvalue weighted by Crippen LogP contribution is 2.26. The summed E-state index contributed by atoms with van der Waals surface area (Å²) in [6.45, 7) is 1.72. The Hall–Kier alpha value is -3.07. The summed E-state index contributed by atoms with van der Waals surface area (Å²) in [6.07, 6.45) is 8.68. The van der Waals surface area contributed by atoms with E-state index in [4.69, 9.17) is 5.26 Å². The molecule has 0 N–H and O–H groups in total. The lowest BCUT2D eigenvalue weighted by molar-refractivity contribution is 0.0585. The van der Waals surface area contributed by atoms with Crippen LogP contribution in [0.2, 0.25) is 0 Å². The van der Waals surface area contributed by atoms with Crippen LogP contribution in [0.4, 0.5) is 0 Å². The summed E-state index contributed by atoms with van der Waals surface area (Å²) in [4.78, 5) is 15.4. The number of carbonyl (C=O) groups is 1. The van der Waals surface area contributed by atoms with E-state index in [0.717, 1.165) is 43.3 Å². The zero-order valence-corrected chi connectivity index (χ0v) is 14.6. The number of carbonyl (C=O) groups excluding carboxylic acids is 1. The van der Waals surface area contributed by atoms with Crippen LogP contribution in [0.5, 0.6) is 0 Å². The van der Waals surface area contributed by atoms with Crippen LogP contribution in [-0.4, -0.2) is 37.7 Å². The molecule has 6 nitrogen and oxygen atoms in total. The molecule has 132 valence electrons. The van der Waals surface area contributed by atoms with E-state index in [1.807, 2.05) is 56.9 Å². The Bertz CT molecular complexity index is 950. The van der Waals surface area contributed by atoms with E-state index < -0.39 is 0 Å². The van der Waals surface area contributed by atoms with Crippen molar-refractivity contribution < 1.29 is 4.79 Å². The van der Waals surface area contributed by atoms with Gasteiger partial charge in [-0.2, -0.15) is 10.4 Å². The summed E-state index contributed by atoms with van der Waals surface area (Å²) in [5, 5.41) is 14.3. The first-order valence-corrected chi connectivity index (χ1v) is 9.01. The lowest BCUT2D eigenvalue weighted by atomic mass is 10.0. The van der Waals surface area contributed by atoms with E-state index in [1.165, 1.54) is 0 Å². The van der Waals surface area contributed by atoms with Crippen molar-refractivity contribution in [2.75, 3.05) is 6.54 Å². The molecule has 0 saturated carbocycles. The van der Waals surface area contributed by atoms with Gasteiger partial charge in [-0.3, -0.25) is 9.48 Å². The van der Waals surface area contributed by atoms with Gasteiger partial charge in [0.1, 0.15) is 6.54 Å². The standard InChI is InChI=1S/C20H21N5O/c21-9-13-23-15-18(17-7-1-2-8-19(17)23)20(26)25-12-4-3-6-16(25)14-24-11-5-10-22-24/h1-2,5,7-8,10-11,15-16H,3-4,6,12-14H2. The number of para-hydroxylation sites is 1. The number of nitrogens with zero attached hydrogens (tertiary/aromatic N) is 5. The maximum absolute atomic E-state index is 13.4. The van der Waals surface area contributed by atoms with Gasteiger partial charge in [-0.25, -0.2) is 0 Å². The van der Waals surface area contributed by atoms with E-state index in [2.05, 4.69) is 11.2 Å². The van der Waals surface area contributed by atoms with Crippen molar-refractivity contribution in [2.24, 2.45) is 0 Å². The molecule has 0 bridgehead atoms. The van der Waals surface area contributed by atoms with E-state index >= 15 is 0 Å². The second-order valence-corrected chi connectivity index (χ2v) is 6.72. The second kappa shape index (κ2) is 7.04. The monoisotopic (exact) mass is 347 g/mol. The smallest absolute Gasteiger partial charge is 0.256 e. The Morgan fingerprint density at radius 2 is 2.15 bits per heavy atom. The number of fused-ring (bicyclic) bond motifs is 1. The fourth-order valence-corrected chi connectivity index (χ4v) is 3.86. The minimum atomic E-state index is 0.0507. The largest absolute Gasteiger partial charge is 0.334 e. The molecule has 3 aromatic rings. The summed E-state index contributed by atoms with van der Waals surface area (Å²) >= 11 is 0. The van der Waals surface area contributed by atoms with Crippen molar-refractivity contribution in [3.05, 3.63) is 54.5 Å². The highest BCUT2D eigenvalue weighted by molar-refractivity contribution is 6.07. The molecule has 1 atom stereocenters. The first kappa shape index (κ1) is 16.4. The van der Waals surface area contributed by atoms with Crippen LogP contribution in [0, 0.1) is 11.3 Å². The lowest BCUT2D eigenvalue weighted by Crippen LogP contribution is -2.45. The van der Waals surface area contributed by atoms with Crippen LogP contribution >= 0.6 is 0 Å². The maximum Gasteiger partial charge on any atom is 0.256 e. The Labute approximate surface area is 152 Å². The van der Waals surface area contributed by atoms with E-state index in [-0.39, 0.29) is 18.5 Å². The van der Waals surface area contributed by atoms with E-state index in [9.17, 15) is 4.79 Å². The molecule has 1 aliphatic heterocycles.